The number of hydrogen-bond acceptors (Lipinski definition) is 6. The van der Waals surface area contributed by atoms with Crippen molar-refractivity contribution in [1.29, 1.82) is 0 Å². The molecule has 2 aromatic rings. The van der Waals surface area contributed by atoms with Crippen molar-refractivity contribution >= 4 is 33.0 Å². The maximum Gasteiger partial charge on any atom is 0.254 e. The first-order chi connectivity index (χ1) is 14.5. The molecule has 1 aliphatic rings. The predicted molar refractivity (Wildman–Crippen MR) is 126 cm³/mol. The Morgan fingerprint density at radius 1 is 1.13 bits per heavy atom. The summed E-state index contributed by atoms with van der Waals surface area (Å²) in [4.78, 5) is 17.4. The van der Waals surface area contributed by atoms with E-state index in [0.29, 0.717) is 30.9 Å². The average Bonchev–Trinajstić information content (AvgIpc) is 3.11. The molecule has 170 valence electrons. The van der Waals surface area contributed by atoms with Crippen LogP contribution in [0.15, 0.2) is 39.9 Å². The van der Waals surface area contributed by atoms with Crippen LogP contribution >= 0.6 is 11.3 Å². The number of sulfonamides is 1. The van der Waals surface area contributed by atoms with Crippen molar-refractivity contribution in [3.8, 4) is 0 Å². The molecule has 31 heavy (non-hydrogen) atoms. The van der Waals surface area contributed by atoms with E-state index in [4.69, 9.17) is 0 Å². The molecule has 2 heterocycles. The van der Waals surface area contributed by atoms with Crippen molar-refractivity contribution in [1.82, 2.24) is 14.5 Å². The van der Waals surface area contributed by atoms with Gasteiger partial charge < -0.3 is 15.1 Å². The van der Waals surface area contributed by atoms with E-state index in [0.717, 1.165) is 25.1 Å². The van der Waals surface area contributed by atoms with Crippen molar-refractivity contribution in [3.05, 3.63) is 46.2 Å². The van der Waals surface area contributed by atoms with Crippen LogP contribution < -0.4 is 10.0 Å². The number of benzene rings is 1. The molecule has 1 aliphatic heterocycles. The van der Waals surface area contributed by atoms with Crippen LogP contribution in [0.4, 0.5) is 5.69 Å². The molecule has 3 rings (SSSR count). The molecule has 0 aliphatic carbocycles. The highest BCUT2D eigenvalue weighted by molar-refractivity contribution is 7.89. The molecule has 1 aromatic carbocycles. The SMILES string of the molecule is CN1CCCN(C(=O)c2cc(NCc3ccsc3)cc(S(=O)(=O)NC(C)(C)C)c2)CC1. The second-order valence-corrected chi connectivity index (χ2v) is 11.5. The fourth-order valence-electron chi connectivity index (χ4n) is 3.47. The zero-order chi connectivity index (χ0) is 22.6. The van der Waals surface area contributed by atoms with Crippen molar-refractivity contribution in [2.45, 2.75) is 44.2 Å². The Labute approximate surface area is 189 Å². The maximum atomic E-state index is 13.3. The van der Waals surface area contributed by atoms with E-state index in [1.54, 1.807) is 44.2 Å². The number of amides is 1. The lowest BCUT2D eigenvalue weighted by Crippen LogP contribution is -2.40. The standard InChI is InChI=1S/C22H32N4O3S2/c1-22(2,3)24-31(28,29)20-13-18(21(27)26-8-5-7-25(4)9-10-26)12-19(14-20)23-15-17-6-11-30-16-17/h6,11-14,16,23-24H,5,7-10,15H2,1-4H3. The van der Waals surface area contributed by atoms with Crippen LogP contribution in [-0.4, -0.2) is 62.9 Å². The van der Waals surface area contributed by atoms with Gasteiger partial charge in [0.15, 0.2) is 0 Å². The molecule has 0 atom stereocenters. The van der Waals surface area contributed by atoms with Gasteiger partial charge in [-0.25, -0.2) is 13.1 Å². The first-order valence-electron chi connectivity index (χ1n) is 10.5. The zero-order valence-corrected chi connectivity index (χ0v) is 20.3. The van der Waals surface area contributed by atoms with E-state index in [-0.39, 0.29) is 10.8 Å². The largest absolute Gasteiger partial charge is 0.381 e. The van der Waals surface area contributed by atoms with Gasteiger partial charge in [-0.1, -0.05) is 0 Å². The lowest BCUT2D eigenvalue weighted by molar-refractivity contribution is 0.0762. The quantitative estimate of drug-likeness (QED) is 0.686. The molecule has 1 saturated heterocycles. The Bertz CT molecular complexity index is 998. The van der Waals surface area contributed by atoms with Crippen molar-refractivity contribution in [2.24, 2.45) is 0 Å². The van der Waals surface area contributed by atoms with E-state index in [1.807, 2.05) is 28.8 Å². The van der Waals surface area contributed by atoms with Gasteiger partial charge in [-0.15, -0.1) is 0 Å². The zero-order valence-electron chi connectivity index (χ0n) is 18.6. The van der Waals surface area contributed by atoms with E-state index in [9.17, 15) is 13.2 Å². The van der Waals surface area contributed by atoms with Gasteiger partial charge in [0.2, 0.25) is 10.0 Å². The summed E-state index contributed by atoms with van der Waals surface area (Å²) in [5.41, 5.74) is 1.47. The smallest absolute Gasteiger partial charge is 0.254 e. The second kappa shape index (κ2) is 9.68. The molecule has 7 nitrogen and oxygen atoms in total. The third kappa shape index (κ3) is 6.77. The highest BCUT2D eigenvalue weighted by Crippen LogP contribution is 2.23. The first-order valence-corrected chi connectivity index (χ1v) is 12.9. The number of nitrogens with zero attached hydrogens (tertiary/aromatic N) is 2. The fourth-order valence-corrected chi connectivity index (χ4v) is 5.63. The van der Waals surface area contributed by atoms with Gasteiger partial charge in [0.25, 0.3) is 5.91 Å². The van der Waals surface area contributed by atoms with Gasteiger partial charge in [0, 0.05) is 43.0 Å². The minimum atomic E-state index is -3.78. The van der Waals surface area contributed by atoms with Gasteiger partial charge in [-0.05, 0) is 81.4 Å². The lowest BCUT2D eigenvalue weighted by atomic mass is 10.1. The van der Waals surface area contributed by atoms with Crippen LogP contribution in [0.3, 0.4) is 0 Å². The van der Waals surface area contributed by atoms with Crippen LogP contribution in [0.2, 0.25) is 0 Å². The predicted octanol–water partition coefficient (Wildman–Crippen LogP) is 3.21. The third-order valence-electron chi connectivity index (χ3n) is 4.99. The van der Waals surface area contributed by atoms with Gasteiger partial charge in [-0.3, -0.25) is 4.79 Å². The van der Waals surface area contributed by atoms with Gasteiger partial charge in [-0.2, -0.15) is 11.3 Å². The Morgan fingerprint density at radius 2 is 1.90 bits per heavy atom. The summed E-state index contributed by atoms with van der Waals surface area (Å²) >= 11 is 1.61. The van der Waals surface area contributed by atoms with Crippen molar-refractivity contribution in [2.75, 3.05) is 38.5 Å². The van der Waals surface area contributed by atoms with Crippen LogP contribution in [0.1, 0.15) is 43.1 Å². The lowest BCUT2D eigenvalue weighted by Gasteiger charge is -2.23. The maximum absolute atomic E-state index is 13.3. The summed E-state index contributed by atoms with van der Waals surface area (Å²) in [6.07, 6.45) is 0.898. The summed E-state index contributed by atoms with van der Waals surface area (Å²) in [6, 6.07) is 6.84. The summed E-state index contributed by atoms with van der Waals surface area (Å²) in [5.74, 6) is -0.137. The molecule has 0 bridgehead atoms. The number of likely N-dealkylation sites (N-methyl/N-ethyl adjacent to an activating group) is 1. The van der Waals surface area contributed by atoms with Gasteiger partial charge in [0.1, 0.15) is 0 Å². The van der Waals surface area contributed by atoms with Crippen molar-refractivity contribution < 1.29 is 13.2 Å². The van der Waals surface area contributed by atoms with Crippen molar-refractivity contribution in [3.63, 3.8) is 0 Å². The minimum absolute atomic E-state index is 0.0908. The van der Waals surface area contributed by atoms with E-state index < -0.39 is 15.6 Å². The molecule has 2 N–H and O–H groups in total. The average molecular weight is 465 g/mol. The summed E-state index contributed by atoms with van der Waals surface area (Å²) in [6.45, 7) is 8.99. The molecule has 0 saturated carbocycles. The topological polar surface area (TPSA) is 81.8 Å². The number of rotatable bonds is 6. The van der Waals surface area contributed by atoms with Crippen LogP contribution in [0, 0.1) is 0 Å². The van der Waals surface area contributed by atoms with Crippen LogP contribution in [-0.2, 0) is 16.6 Å². The Balaban J connectivity index is 1.92. The normalized spacial score (nSPS) is 16.2. The third-order valence-corrected chi connectivity index (χ3v) is 7.46. The Kier molecular flexibility index (Phi) is 7.41. The molecule has 1 amide bonds. The monoisotopic (exact) mass is 464 g/mol. The molecule has 1 aromatic heterocycles. The first kappa shape index (κ1) is 23.7. The number of hydrogen-bond donors (Lipinski definition) is 2. The Hall–Kier alpha value is -1.94. The summed E-state index contributed by atoms with van der Waals surface area (Å²) in [7, 11) is -1.73. The summed E-state index contributed by atoms with van der Waals surface area (Å²) in [5, 5.41) is 7.31. The second-order valence-electron chi connectivity index (χ2n) is 9.04. The molecule has 9 heteroatoms. The number of thiophene rings is 1. The van der Waals surface area contributed by atoms with E-state index in [2.05, 4.69) is 14.9 Å². The highest BCUT2D eigenvalue weighted by Gasteiger charge is 2.25. The number of carbonyl (C=O) groups excluding carboxylic acids is 1. The summed E-state index contributed by atoms with van der Waals surface area (Å²) < 4.78 is 28.7. The van der Waals surface area contributed by atoms with Crippen LogP contribution in [0.5, 0.6) is 0 Å². The molecular weight excluding hydrogens is 432 g/mol. The van der Waals surface area contributed by atoms with Gasteiger partial charge >= 0.3 is 0 Å². The minimum Gasteiger partial charge on any atom is -0.381 e. The molecular formula is C22H32N4O3S2. The number of anilines is 1. The number of carbonyl (C=O) groups is 1. The molecule has 0 radical (unpaired) electrons. The highest BCUT2D eigenvalue weighted by atomic mass is 32.2. The Morgan fingerprint density at radius 3 is 2.58 bits per heavy atom. The van der Waals surface area contributed by atoms with Crippen LogP contribution in [0.25, 0.3) is 0 Å². The van der Waals surface area contributed by atoms with Gasteiger partial charge in [0.05, 0.1) is 4.90 Å². The molecule has 1 fully saturated rings. The number of nitrogens with one attached hydrogen (secondary N) is 2. The molecule has 0 spiro atoms. The van der Waals surface area contributed by atoms with E-state index in [1.165, 1.54) is 6.07 Å². The molecule has 0 unspecified atom stereocenters. The van der Waals surface area contributed by atoms with E-state index >= 15 is 0 Å². The fraction of sp³-hybridized carbons (Fsp3) is 0.500.